The molecule has 1 fully saturated rings. The summed E-state index contributed by atoms with van der Waals surface area (Å²) < 4.78 is 13.7. The Morgan fingerprint density at radius 3 is 2.82 bits per heavy atom. The Hall–Kier alpha value is -0.860. The highest BCUT2D eigenvalue weighted by Gasteiger charge is 2.26. The van der Waals surface area contributed by atoms with E-state index in [1.807, 2.05) is 6.08 Å². The molecule has 0 spiro atoms. The van der Waals surface area contributed by atoms with Gasteiger partial charge in [-0.25, -0.2) is 4.39 Å². The molecular weight excluding hydrogens is 237 g/mol. The van der Waals surface area contributed by atoms with E-state index in [-0.39, 0.29) is 11.2 Å². The lowest BCUT2D eigenvalue weighted by molar-refractivity contribution is 0.360. The Labute approximate surface area is 107 Å². The first-order valence-corrected chi connectivity index (χ1v) is 6.24. The van der Waals surface area contributed by atoms with Crippen molar-refractivity contribution in [2.24, 2.45) is 5.41 Å². The predicted octanol–water partition coefficient (Wildman–Crippen LogP) is 3.88. The molecule has 1 saturated heterocycles. The molecule has 1 aliphatic rings. The highest BCUT2D eigenvalue weighted by Crippen LogP contribution is 2.34. The van der Waals surface area contributed by atoms with Gasteiger partial charge in [-0.2, -0.15) is 0 Å². The molecule has 1 aromatic rings. The van der Waals surface area contributed by atoms with E-state index in [0.717, 1.165) is 19.5 Å². The molecule has 1 aliphatic heterocycles. The van der Waals surface area contributed by atoms with Crippen molar-refractivity contribution in [3.63, 3.8) is 0 Å². The molecule has 0 bridgehead atoms. The maximum atomic E-state index is 13.7. The van der Waals surface area contributed by atoms with Crippen LogP contribution >= 0.6 is 11.6 Å². The molecule has 2 rings (SSSR count). The summed E-state index contributed by atoms with van der Waals surface area (Å²) in [5, 5.41) is 3.83. The standard InChI is InChI=1S/C14H17ClFN/c1-14(2)9-17-7-6-10(14)8-11-12(15)4-3-5-13(11)16/h3-5,8,17H,6-7,9H2,1-2H3/b10-8+. The summed E-state index contributed by atoms with van der Waals surface area (Å²) in [6.07, 6.45) is 2.86. The number of benzene rings is 1. The van der Waals surface area contributed by atoms with E-state index < -0.39 is 0 Å². The lowest BCUT2D eigenvalue weighted by Gasteiger charge is -2.33. The first kappa shape index (κ1) is 12.6. The molecule has 92 valence electrons. The van der Waals surface area contributed by atoms with E-state index >= 15 is 0 Å². The minimum absolute atomic E-state index is 0.0594. The molecule has 0 amide bonds. The zero-order valence-electron chi connectivity index (χ0n) is 10.2. The van der Waals surface area contributed by atoms with Gasteiger partial charge in [-0.1, -0.05) is 43.2 Å². The molecule has 0 saturated carbocycles. The molecule has 1 nitrogen and oxygen atoms in total. The Morgan fingerprint density at radius 1 is 1.41 bits per heavy atom. The highest BCUT2D eigenvalue weighted by atomic mass is 35.5. The number of halogens is 2. The van der Waals surface area contributed by atoms with Crippen LogP contribution in [-0.4, -0.2) is 13.1 Å². The number of rotatable bonds is 1. The third-order valence-electron chi connectivity index (χ3n) is 3.33. The molecule has 0 aliphatic carbocycles. The summed E-state index contributed by atoms with van der Waals surface area (Å²) in [6, 6.07) is 4.81. The molecule has 0 atom stereocenters. The summed E-state index contributed by atoms with van der Waals surface area (Å²) in [5.74, 6) is -0.251. The Balaban J connectivity index is 2.41. The van der Waals surface area contributed by atoms with Crippen LogP contribution in [-0.2, 0) is 0 Å². The van der Waals surface area contributed by atoms with Crippen molar-refractivity contribution >= 4 is 17.7 Å². The zero-order valence-corrected chi connectivity index (χ0v) is 10.9. The van der Waals surface area contributed by atoms with Gasteiger partial charge in [0.25, 0.3) is 0 Å². The van der Waals surface area contributed by atoms with Gasteiger partial charge in [-0.3, -0.25) is 0 Å². The predicted molar refractivity (Wildman–Crippen MR) is 70.7 cm³/mol. The summed E-state index contributed by atoms with van der Waals surface area (Å²) in [4.78, 5) is 0. The largest absolute Gasteiger partial charge is 0.316 e. The first-order valence-electron chi connectivity index (χ1n) is 5.86. The third-order valence-corrected chi connectivity index (χ3v) is 3.66. The molecule has 1 aromatic carbocycles. The second-order valence-corrected chi connectivity index (χ2v) is 5.52. The fourth-order valence-corrected chi connectivity index (χ4v) is 2.38. The van der Waals surface area contributed by atoms with Crippen LogP contribution in [0.4, 0.5) is 4.39 Å². The fourth-order valence-electron chi connectivity index (χ4n) is 2.17. The van der Waals surface area contributed by atoms with Crippen molar-refractivity contribution in [1.29, 1.82) is 0 Å². The molecule has 0 unspecified atom stereocenters. The SMILES string of the molecule is CC1(C)CNCC/C1=C\c1c(F)cccc1Cl. The summed E-state index contributed by atoms with van der Waals surface area (Å²) >= 11 is 6.04. The van der Waals surface area contributed by atoms with Crippen molar-refractivity contribution < 1.29 is 4.39 Å². The number of hydrogen-bond donors (Lipinski definition) is 1. The van der Waals surface area contributed by atoms with Crippen molar-refractivity contribution in [1.82, 2.24) is 5.32 Å². The van der Waals surface area contributed by atoms with Crippen LogP contribution < -0.4 is 5.32 Å². The smallest absolute Gasteiger partial charge is 0.131 e. The van der Waals surface area contributed by atoms with E-state index in [1.54, 1.807) is 12.1 Å². The van der Waals surface area contributed by atoms with Crippen LogP contribution in [0.1, 0.15) is 25.8 Å². The van der Waals surface area contributed by atoms with E-state index in [4.69, 9.17) is 11.6 Å². The van der Waals surface area contributed by atoms with Crippen molar-refractivity contribution in [2.45, 2.75) is 20.3 Å². The van der Waals surface area contributed by atoms with Gasteiger partial charge >= 0.3 is 0 Å². The van der Waals surface area contributed by atoms with Gasteiger partial charge in [-0.15, -0.1) is 0 Å². The molecular formula is C14H17ClFN. The average molecular weight is 254 g/mol. The monoisotopic (exact) mass is 253 g/mol. The Kier molecular flexibility index (Phi) is 3.55. The van der Waals surface area contributed by atoms with E-state index in [2.05, 4.69) is 19.2 Å². The fraction of sp³-hybridized carbons (Fsp3) is 0.429. The molecule has 0 radical (unpaired) electrons. The third kappa shape index (κ3) is 2.70. The number of nitrogens with one attached hydrogen (secondary N) is 1. The van der Waals surface area contributed by atoms with Gasteiger partial charge in [0.1, 0.15) is 5.82 Å². The topological polar surface area (TPSA) is 12.0 Å². The normalized spacial score (nSPS) is 21.8. The maximum absolute atomic E-state index is 13.7. The Morgan fingerprint density at radius 2 is 2.18 bits per heavy atom. The van der Waals surface area contributed by atoms with Crippen LogP contribution in [0.25, 0.3) is 6.08 Å². The summed E-state index contributed by atoms with van der Waals surface area (Å²) in [5.41, 5.74) is 1.83. The van der Waals surface area contributed by atoms with Gasteiger partial charge in [-0.05, 0) is 30.5 Å². The lowest BCUT2D eigenvalue weighted by atomic mass is 9.79. The van der Waals surface area contributed by atoms with E-state index in [9.17, 15) is 4.39 Å². The average Bonchev–Trinajstić information content (AvgIpc) is 2.25. The zero-order chi connectivity index (χ0) is 12.5. The van der Waals surface area contributed by atoms with Crippen LogP contribution in [0.3, 0.4) is 0 Å². The van der Waals surface area contributed by atoms with Crippen LogP contribution in [0.15, 0.2) is 23.8 Å². The second kappa shape index (κ2) is 4.79. The van der Waals surface area contributed by atoms with Crippen molar-refractivity contribution in [3.8, 4) is 0 Å². The highest BCUT2D eigenvalue weighted by molar-refractivity contribution is 6.32. The minimum atomic E-state index is -0.251. The second-order valence-electron chi connectivity index (χ2n) is 5.12. The van der Waals surface area contributed by atoms with Crippen LogP contribution in [0, 0.1) is 11.2 Å². The summed E-state index contributed by atoms with van der Waals surface area (Å²) in [6.45, 7) is 6.20. The van der Waals surface area contributed by atoms with E-state index in [1.165, 1.54) is 11.6 Å². The number of piperidine rings is 1. The minimum Gasteiger partial charge on any atom is -0.316 e. The first-order chi connectivity index (χ1) is 8.00. The van der Waals surface area contributed by atoms with Crippen molar-refractivity contribution in [3.05, 3.63) is 40.2 Å². The van der Waals surface area contributed by atoms with Gasteiger partial charge in [0.15, 0.2) is 0 Å². The molecule has 0 aromatic heterocycles. The number of hydrogen-bond acceptors (Lipinski definition) is 1. The summed E-state index contributed by atoms with van der Waals surface area (Å²) in [7, 11) is 0. The van der Waals surface area contributed by atoms with Gasteiger partial charge in [0, 0.05) is 12.1 Å². The molecule has 1 heterocycles. The molecule has 3 heteroatoms. The van der Waals surface area contributed by atoms with Crippen LogP contribution in [0.5, 0.6) is 0 Å². The molecule has 17 heavy (non-hydrogen) atoms. The van der Waals surface area contributed by atoms with E-state index in [0.29, 0.717) is 10.6 Å². The Bertz CT molecular complexity index is 431. The lowest BCUT2D eigenvalue weighted by Crippen LogP contribution is -2.37. The van der Waals surface area contributed by atoms with Gasteiger partial charge in [0.2, 0.25) is 0 Å². The maximum Gasteiger partial charge on any atom is 0.131 e. The van der Waals surface area contributed by atoms with Crippen molar-refractivity contribution in [2.75, 3.05) is 13.1 Å². The van der Waals surface area contributed by atoms with Gasteiger partial charge in [0.05, 0.1) is 5.02 Å². The van der Waals surface area contributed by atoms with Crippen LogP contribution in [0.2, 0.25) is 5.02 Å². The quantitative estimate of drug-likeness (QED) is 0.801. The van der Waals surface area contributed by atoms with Gasteiger partial charge < -0.3 is 5.32 Å². The molecule has 1 N–H and O–H groups in total.